The largest absolute Gasteiger partial charge is 0.347 e. The number of anilines is 1. The average Bonchev–Trinajstić information content (AvgIpc) is 3.32. The van der Waals surface area contributed by atoms with Crippen molar-refractivity contribution in [2.45, 2.75) is 25.9 Å². The Morgan fingerprint density at radius 1 is 1.24 bits per heavy atom. The van der Waals surface area contributed by atoms with Gasteiger partial charge in [0.2, 0.25) is 5.91 Å². The van der Waals surface area contributed by atoms with E-state index in [1.54, 1.807) is 18.9 Å². The van der Waals surface area contributed by atoms with Crippen LogP contribution in [0.5, 0.6) is 0 Å². The number of amides is 1. The molecule has 0 bridgehead atoms. The van der Waals surface area contributed by atoms with Crippen LogP contribution in [-0.2, 0) is 17.8 Å². The summed E-state index contributed by atoms with van der Waals surface area (Å²) in [7, 11) is 0. The molecule has 3 N–H and O–H groups in total. The maximum atomic E-state index is 12.6. The Bertz CT molecular complexity index is 852. The standard InChI is InChI=1S/C18H20N6O/c1-12(24-7-6-15-17(9-24)22-11-21-15)18(25)23-14-4-2-13(3-5-14)16-8-19-10-20-16/h2-5,8,10-12H,6-7,9H2,1H3,(H,19,20)(H,21,22)(H,23,25). The zero-order valence-electron chi connectivity index (χ0n) is 14.0. The van der Waals surface area contributed by atoms with Gasteiger partial charge in [-0.3, -0.25) is 9.69 Å². The molecule has 0 saturated carbocycles. The normalized spacial score (nSPS) is 15.6. The number of aromatic amines is 2. The molecule has 0 spiro atoms. The lowest BCUT2D eigenvalue weighted by Crippen LogP contribution is -2.44. The molecular formula is C18H20N6O. The molecular weight excluding hydrogens is 316 g/mol. The molecule has 4 rings (SSSR count). The van der Waals surface area contributed by atoms with Crippen molar-refractivity contribution in [2.24, 2.45) is 0 Å². The number of rotatable bonds is 4. The molecule has 128 valence electrons. The molecule has 2 aromatic heterocycles. The highest BCUT2D eigenvalue weighted by Crippen LogP contribution is 2.20. The van der Waals surface area contributed by atoms with Gasteiger partial charge >= 0.3 is 0 Å². The summed E-state index contributed by atoms with van der Waals surface area (Å²) in [6.45, 7) is 3.50. The molecule has 25 heavy (non-hydrogen) atoms. The second-order valence-electron chi connectivity index (χ2n) is 6.26. The lowest BCUT2D eigenvalue weighted by Gasteiger charge is -2.30. The van der Waals surface area contributed by atoms with Gasteiger partial charge in [0.25, 0.3) is 0 Å². The van der Waals surface area contributed by atoms with Crippen LogP contribution in [0.25, 0.3) is 11.3 Å². The smallest absolute Gasteiger partial charge is 0.241 e. The van der Waals surface area contributed by atoms with Crippen LogP contribution in [0, 0.1) is 0 Å². The summed E-state index contributed by atoms with van der Waals surface area (Å²) in [6.07, 6.45) is 6.02. The van der Waals surface area contributed by atoms with E-state index in [0.717, 1.165) is 47.8 Å². The van der Waals surface area contributed by atoms with Crippen LogP contribution in [0.2, 0.25) is 0 Å². The molecule has 0 aliphatic carbocycles. The van der Waals surface area contributed by atoms with Gasteiger partial charge in [0.05, 0.1) is 42.0 Å². The Balaban J connectivity index is 1.40. The molecule has 1 aliphatic heterocycles. The highest BCUT2D eigenvalue weighted by Gasteiger charge is 2.26. The quantitative estimate of drug-likeness (QED) is 0.681. The molecule has 0 radical (unpaired) electrons. The number of fused-ring (bicyclic) bond motifs is 1. The van der Waals surface area contributed by atoms with Crippen LogP contribution >= 0.6 is 0 Å². The van der Waals surface area contributed by atoms with Crippen LogP contribution in [-0.4, -0.2) is 43.3 Å². The number of H-pyrrole nitrogens is 2. The molecule has 0 saturated heterocycles. The molecule has 7 nitrogen and oxygen atoms in total. The predicted octanol–water partition coefficient (Wildman–Crippen LogP) is 2.19. The first kappa shape index (κ1) is 15.6. The maximum absolute atomic E-state index is 12.6. The van der Waals surface area contributed by atoms with Gasteiger partial charge in [-0.2, -0.15) is 0 Å². The fraction of sp³-hybridized carbons (Fsp3) is 0.278. The zero-order chi connectivity index (χ0) is 17.2. The third-order valence-corrected chi connectivity index (χ3v) is 4.69. The van der Waals surface area contributed by atoms with E-state index in [2.05, 4.69) is 30.2 Å². The van der Waals surface area contributed by atoms with E-state index >= 15 is 0 Å². The van der Waals surface area contributed by atoms with Gasteiger partial charge in [-0.25, -0.2) is 9.97 Å². The topological polar surface area (TPSA) is 89.7 Å². The Morgan fingerprint density at radius 2 is 2.08 bits per heavy atom. The summed E-state index contributed by atoms with van der Waals surface area (Å²) < 4.78 is 0. The Kier molecular flexibility index (Phi) is 4.07. The van der Waals surface area contributed by atoms with Gasteiger partial charge in [0.1, 0.15) is 0 Å². The minimum absolute atomic E-state index is 0.00254. The lowest BCUT2D eigenvalue weighted by atomic mass is 10.1. The summed E-state index contributed by atoms with van der Waals surface area (Å²) in [5, 5.41) is 3.00. The van der Waals surface area contributed by atoms with Gasteiger partial charge in [-0.15, -0.1) is 0 Å². The van der Waals surface area contributed by atoms with Crippen molar-refractivity contribution >= 4 is 11.6 Å². The fourth-order valence-corrected chi connectivity index (χ4v) is 3.12. The van der Waals surface area contributed by atoms with Crippen molar-refractivity contribution in [1.29, 1.82) is 0 Å². The van der Waals surface area contributed by atoms with Crippen molar-refractivity contribution in [3.63, 3.8) is 0 Å². The minimum Gasteiger partial charge on any atom is -0.347 e. The fourth-order valence-electron chi connectivity index (χ4n) is 3.12. The van der Waals surface area contributed by atoms with Gasteiger partial charge in [0.15, 0.2) is 0 Å². The highest BCUT2D eigenvalue weighted by atomic mass is 16.2. The van der Waals surface area contributed by atoms with E-state index in [1.807, 2.05) is 31.2 Å². The maximum Gasteiger partial charge on any atom is 0.241 e. The monoisotopic (exact) mass is 336 g/mol. The highest BCUT2D eigenvalue weighted by molar-refractivity contribution is 5.94. The van der Waals surface area contributed by atoms with Crippen molar-refractivity contribution in [3.05, 3.63) is 54.5 Å². The van der Waals surface area contributed by atoms with E-state index in [1.165, 1.54) is 0 Å². The van der Waals surface area contributed by atoms with Gasteiger partial charge in [-0.1, -0.05) is 12.1 Å². The van der Waals surface area contributed by atoms with E-state index in [0.29, 0.717) is 0 Å². The van der Waals surface area contributed by atoms with E-state index in [-0.39, 0.29) is 11.9 Å². The third-order valence-electron chi connectivity index (χ3n) is 4.69. The first-order valence-corrected chi connectivity index (χ1v) is 8.35. The molecule has 3 aromatic rings. The first-order chi connectivity index (χ1) is 12.2. The number of imidazole rings is 2. The Morgan fingerprint density at radius 3 is 2.84 bits per heavy atom. The number of nitrogens with zero attached hydrogens (tertiary/aromatic N) is 3. The second-order valence-corrected chi connectivity index (χ2v) is 6.26. The van der Waals surface area contributed by atoms with Crippen molar-refractivity contribution in [2.75, 3.05) is 11.9 Å². The lowest BCUT2D eigenvalue weighted by molar-refractivity contribution is -0.121. The average molecular weight is 336 g/mol. The first-order valence-electron chi connectivity index (χ1n) is 8.35. The molecule has 0 fully saturated rings. The molecule has 7 heteroatoms. The summed E-state index contributed by atoms with van der Waals surface area (Å²) >= 11 is 0. The number of nitrogens with one attached hydrogen (secondary N) is 3. The van der Waals surface area contributed by atoms with Crippen LogP contribution in [0.15, 0.2) is 43.1 Å². The molecule has 1 aliphatic rings. The number of benzene rings is 1. The van der Waals surface area contributed by atoms with E-state index in [4.69, 9.17) is 0 Å². The summed E-state index contributed by atoms with van der Waals surface area (Å²) in [4.78, 5) is 29.3. The number of aromatic nitrogens is 4. The molecule has 1 unspecified atom stereocenters. The van der Waals surface area contributed by atoms with Crippen LogP contribution in [0.3, 0.4) is 0 Å². The molecule has 3 heterocycles. The van der Waals surface area contributed by atoms with Gasteiger partial charge in [0, 0.05) is 25.2 Å². The number of hydrogen-bond acceptors (Lipinski definition) is 4. The molecule has 1 amide bonds. The SMILES string of the molecule is CC(C(=O)Nc1ccc(-c2cnc[nH]2)cc1)N1CCc2nc[nH]c2C1. The number of carbonyl (C=O) groups excluding carboxylic acids is 1. The summed E-state index contributed by atoms with van der Waals surface area (Å²) in [5.41, 5.74) is 4.99. The molecule has 1 atom stereocenters. The Hall–Kier alpha value is -2.93. The summed E-state index contributed by atoms with van der Waals surface area (Å²) in [6, 6.07) is 7.54. The van der Waals surface area contributed by atoms with Gasteiger partial charge in [-0.05, 0) is 24.6 Å². The second kappa shape index (κ2) is 6.52. The third kappa shape index (κ3) is 3.18. The molecule has 1 aromatic carbocycles. The van der Waals surface area contributed by atoms with Gasteiger partial charge < -0.3 is 15.3 Å². The van der Waals surface area contributed by atoms with Crippen molar-refractivity contribution in [1.82, 2.24) is 24.8 Å². The van der Waals surface area contributed by atoms with Crippen LogP contribution in [0.4, 0.5) is 5.69 Å². The number of carbonyl (C=O) groups is 1. The van der Waals surface area contributed by atoms with Crippen LogP contribution < -0.4 is 5.32 Å². The zero-order valence-corrected chi connectivity index (χ0v) is 14.0. The predicted molar refractivity (Wildman–Crippen MR) is 94.8 cm³/mol. The van der Waals surface area contributed by atoms with E-state index in [9.17, 15) is 4.79 Å². The van der Waals surface area contributed by atoms with Crippen LogP contribution in [0.1, 0.15) is 18.3 Å². The number of hydrogen-bond donors (Lipinski definition) is 3. The van der Waals surface area contributed by atoms with Crippen molar-refractivity contribution < 1.29 is 4.79 Å². The minimum atomic E-state index is -0.205. The Labute approximate surface area is 145 Å². The summed E-state index contributed by atoms with van der Waals surface area (Å²) in [5.74, 6) is -0.00254. The van der Waals surface area contributed by atoms with E-state index < -0.39 is 0 Å². The van der Waals surface area contributed by atoms with Crippen molar-refractivity contribution in [3.8, 4) is 11.3 Å².